The van der Waals surface area contributed by atoms with E-state index < -0.39 is 0 Å². The van der Waals surface area contributed by atoms with Crippen LogP contribution in [0.4, 0.5) is 0 Å². The maximum absolute atomic E-state index is 11.6. The monoisotopic (exact) mass is 317 g/mol. The van der Waals surface area contributed by atoms with Crippen LogP contribution in [-0.4, -0.2) is 43.1 Å². The van der Waals surface area contributed by atoms with Gasteiger partial charge in [0.25, 0.3) is 0 Å². The Morgan fingerprint density at radius 2 is 2.15 bits per heavy atom. The lowest BCUT2D eigenvalue weighted by Gasteiger charge is -2.06. The maximum Gasteiger partial charge on any atom is 0.220 e. The van der Waals surface area contributed by atoms with Gasteiger partial charge in [-0.1, -0.05) is 23.7 Å². The number of thioether (sulfide) groups is 1. The molecule has 4 nitrogen and oxygen atoms in total. The third kappa shape index (κ3) is 7.75. The van der Waals surface area contributed by atoms with Crippen LogP contribution < -0.4 is 5.32 Å². The van der Waals surface area contributed by atoms with Crippen molar-refractivity contribution >= 4 is 29.3 Å². The number of aliphatic hydroxyl groups is 1. The number of nitrogens with one attached hydrogen (secondary N) is 1. The van der Waals surface area contributed by atoms with Gasteiger partial charge in [0.05, 0.1) is 18.2 Å². The number of hydrogen-bond acceptors (Lipinski definition) is 4. The van der Waals surface area contributed by atoms with Crippen molar-refractivity contribution in [1.82, 2.24) is 5.32 Å². The van der Waals surface area contributed by atoms with E-state index in [9.17, 15) is 4.79 Å². The number of carbonyl (C=O) groups excluding carboxylic acids is 1. The third-order valence-electron chi connectivity index (χ3n) is 2.45. The molecule has 0 aromatic heterocycles. The topological polar surface area (TPSA) is 58.6 Å². The average Bonchev–Trinajstić information content (AvgIpc) is 2.45. The lowest BCUT2D eigenvalue weighted by atomic mass is 10.4. The van der Waals surface area contributed by atoms with Gasteiger partial charge >= 0.3 is 0 Å². The summed E-state index contributed by atoms with van der Waals surface area (Å²) >= 11 is 7.61. The lowest BCUT2D eigenvalue weighted by Crippen LogP contribution is -2.25. The van der Waals surface area contributed by atoms with E-state index in [-0.39, 0.29) is 12.5 Å². The molecule has 0 spiro atoms. The molecule has 0 aliphatic carbocycles. The lowest BCUT2D eigenvalue weighted by molar-refractivity contribution is -0.120. The zero-order valence-corrected chi connectivity index (χ0v) is 12.9. The summed E-state index contributed by atoms with van der Waals surface area (Å²) in [4.78, 5) is 12.6. The minimum atomic E-state index is 0.0334. The SMILES string of the molecule is O=C(CCSc1ccccc1Cl)NCCCOCCO. The molecule has 0 saturated heterocycles. The highest BCUT2D eigenvalue weighted by Crippen LogP contribution is 2.26. The number of benzene rings is 1. The summed E-state index contributed by atoms with van der Waals surface area (Å²) in [6.07, 6.45) is 1.22. The third-order valence-corrected chi connectivity index (χ3v) is 3.96. The molecule has 0 aliphatic rings. The van der Waals surface area contributed by atoms with Crippen LogP contribution in [0.15, 0.2) is 29.2 Å². The van der Waals surface area contributed by atoms with E-state index in [1.165, 1.54) is 0 Å². The molecule has 0 saturated carbocycles. The van der Waals surface area contributed by atoms with Gasteiger partial charge in [-0.15, -0.1) is 11.8 Å². The summed E-state index contributed by atoms with van der Waals surface area (Å²) in [6.45, 7) is 1.53. The Kier molecular flexibility index (Phi) is 9.49. The molecule has 0 bridgehead atoms. The number of rotatable bonds is 10. The first-order chi connectivity index (χ1) is 9.74. The molecule has 112 valence electrons. The zero-order chi connectivity index (χ0) is 14.6. The first-order valence-electron chi connectivity index (χ1n) is 6.56. The number of amides is 1. The molecule has 20 heavy (non-hydrogen) atoms. The first kappa shape index (κ1) is 17.3. The Labute approximate surface area is 128 Å². The molecular weight excluding hydrogens is 298 g/mol. The van der Waals surface area contributed by atoms with E-state index in [1.54, 1.807) is 11.8 Å². The van der Waals surface area contributed by atoms with Gasteiger partial charge in [0.2, 0.25) is 5.91 Å². The fourth-order valence-corrected chi connectivity index (χ4v) is 2.66. The second-order valence-electron chi connectivity index (χ2n) is 4.07. The highest BCUT2D eigenvalue weighted by Gasteiger charge is 2.03. The normalized spacial score (nSPS) is 10.5. The van der Waals surface area contributed by atoms with Crippen molar-refractivity contribution in [2.75, 3.05) is 32.1 Å². The Morgan fingerprint density at radius 1 is 1.35 bits per heavy atom. The van der Waals surface area contributed by atoms with Crippen molar-refractivity contribution in [3.63, 3.8) is 0 Å². The molecule has 0 heterocycles. The molecular formula is C14H20ClNO3S. The number of ether oxygens (including phenoxy) is 1. The van der Waals surface area contributed by atoms with Crippen molar-refractivity contribution in [3.05, 3.63) is 29.3 Å². The van der Waals surface area contributed by atoms with Gasteiger partial charge in [-0.2, -0.15) is 0 Å². The van der Waals surface area contributed by atoms with E-state index in [1.807, 2.05) is 24.3 Å². The van der Waals surface area contributed by atoms with E-state index in [2.05, 4.69) is 5.32 Å². The molecule has 0 fully saturated rings. The quantitative estimate of drug-likeness (QED) is 0.514. The molecule has 0 atom stereocenters. The summed E-state index contributed by atoms with van der Waals surface area (Å²) in [7, 11) is 0. The molecule has 1 aromatic rings. The summed E-state index contributed by atoms with van der Waals surface area (Å²) in [5.41, 5.74) is 0. The van der Waals surface area contributed by atoms with E-state index >= 15 is 0 Å². The van der Waals surface area contributed by atoms with E-state index in [0.29, 0.717) is 31.9 Å². The molecule has 1 rings (SSSR count). The van der Waals surface area contributed by atoms with Gasteiger partial charge in [-0.25, -0.2) is 0 Å². The summed E-state index contributed by atoms with van der Waals surface area (Å²) in [5.74, 6) is 0.739. The molecule has 0 radical (unpaired) electrons. The second kappa shape index (κ2) is 11.0. The van der Waals surface area contributed by atoms with Crippen LogP contribution in [-0.2, 0) is 9.53 Å². The van der Waals surface area contributed by atoms with E-state index in [0.717, 1.165) is 16.3 Å². The van der Waals surface area contributed by atoms with Gasteiger partial charge in [0.1, 0.15) is 0 Å². The Balaban J connectivity index is 2.04. The van der Waals surface area contributed by atoms with Gasteiger partial charge in [-0.05, 0) is 18.6 Å². The van der Waals surface area contributed by atoms with Crippen LogP contribution in [0.2, 0.25) is 5.02 Å². The van der Waals surface area contributed by atoms with Gasteiger partial charge in [0, 0.05) is 30.2 Å². The molecule has 1 aromatic carbocycles. The van der Waals surface area contributed by atoms with Crippen molar-refractivity contribution < 1.29 is 14.6 Å². The maximum atomic E-state index is 11.6. The van der Waals surface area contributed by atoms with Crippen LogP contribution in [0.1, 0.15) is 12.8 Å². The second-order valence-corrected chi connectivity index (χ2v) is 5.61. The molecule has 6 heteroatoms. The number of aliphatic hydroxyl groups excluding tert-OH is 1. The number of halogens is 1. The Morgan fingerprint density at radius 3 is 2.90 bits per heavy atom. The minimum absolute atomic E-state index is 0.0334. The average molecular weight is 318 g/mol. The van der Waals surface area contributed by atoms with Crippen molar-refractivity contribution in [3.8, 4) is 0 Å². The van der Waals surface area contributed by atoms with Crippen LogP contribution in [0, 0.1) is 0 Å². The van der Waals surface area contributed by atoms with Crippen LogP contribution in [0.25, 0.3) is 0 Å². The fourth-order valence-electron chi connectivity index (χ4n) is 1.47. The molecule has 1 amide bonds. The zero-order valence-electron chi connectivity index (χ0n) is 11.3. The van der Waals surface area contributed by atoms with Gasteiger partial charge in [-0.3, -0.25) is 4.79 Å². The fraction of sp³-hybridized carbons (Fsp3) is 0.500. The van der Waals surface area contributed by atoms with Crippen LogP contribution >= 0.6 is 23.4 Å². The smallest absolute Gasteiger partial charge is 0.220 e. The standard InChI is InChI=1S/C14H20ClNO3S/c15-12-4-1-2-5-13(12)20-11-6-14(18)16-7-3-9-19-10-8-17/h1-2,4-5,17H,3,6-11H2,(H,16,18). The van der Waals surface area contributed by atoms with Crippen LogP contribution in [0.3, 0.4) is 0 Å². The predicted molar refractivity (Wildman–Crippen MR) is 82.3 cm³/mol. The number of carbonyl (C=O) groups is 1. The predicted octanol–water partition coefficient (Wildman–Crippen LogP) is 2.34. The summed E-state index contributed by atoms with van der Waals surface area (Å²) < 4.78 is 5.10. The summed E-state index contributed by atoms with van der Waals surface area (Å²) in [6, 6.07) is 7.61. The van der Waals surface area contributed by atoms with Crippen molar-refractivity contribution in [2.24, 2.45) is 0 Å². The molecule has 0 aliphatic heterocycles. The van der Waals surface area contributed by atoms with Gasteiger partial charge in [0.15, 0.2) is 0 Å². The van der Waals surface area contributed by atoms with E-state index in [4.69, 9.17) is 21.4 Å². The largest absolute Gasteiger partial charge is 0.394 e. The van der Waals surface area contributed by atoms with Crippen molar-refractivity contribution in [1.29, 1.82) is 0 Å². The Bertz CT molecular complexity index is 404. The van der Waals surface area contributed by atoms with Crippen LogP contribution in [0.5, 0.6) is 0 Å². The molecule has 2 N–H and O–H groups in total. The first-order valence-corrected chi connectivity index (χ1v) is 7.93. The van der Waals surface area contributed by atoms with Crippen molar-refractivity contribution in [2.45, 2.75) is 17.7 Å². The molecule has 0 unspecified atom stereocenters. The Hall–Kier alpha value is -0.750. The highest BCUT2D eigenvalue weighted by molar-refractivity contribution is 7.99. The summed E-state index contributed by atoms with van der Waals surface area (Å²) in [5, 5.41) is 12.1. The highest BCUT2D eigenvalue weighted by atomic mass is 35.5. The minimum Gasteiger partial charge on any atom is -0.394 e. The van der Waals surface area contributed by atoms with Gasteiger partial charge < -0.3 is 15.2 Å². The number of hydrogen-bond donors (Lipinski definition) is 2.